The number of amides is 1. The van der Waals surface area contributed by atoms with Gasteiger partial charge in [-0.2, -0.15) is 0 Å². The van der Waals surface area contributed by atoms with E-state index < -0.39 is 17.5 Å². The van der Waals surface area contributed by atoms with E-state index in [1.165, 1.54) is 23.3 Å². The van der Waals surface area contributed by atoms with E-state index >= 15 is 0 Å². The number of hydrogen-bond donors (Lipinski definition) is 0. The number of benzene rings is 1. The molecule has 1 aromatic heterocycles. The lowest BCUT2D eigenvalue weighted by Gasteiger charge is -2.16. The Morgan fingerprint density at radius 2 is 2.05 bits per heavy atom. The van der Waals surface area contributed by atoms with Gasteiger partial charge in [0.25, 0.3) is 5.91 Å². The van der Waals surface area contributed by atoms with Gasteiger partial charge >= 0.3 is 0 Å². The maximum Gasteiger partial charge on any atom is 0.257 e. The Hall–Kier alpha value is -1.46. The summed E-state index contributed by atoms with van der Waals surface area (Å²) in [6.45, 7) is 0.298. The molecular weight excluding hydrogens is 292 g/mol. The Morgan fingerprint density at radius 3 is 2.68 bits per heavy atom. The average Bonchev–Trinajstić information content (AvgIpc) is 2.77. The van der Waals surface area contributed by atoms with Crippen molar-refractivity contribution in [2.75, 3.05) is 7.05 Å². The highest BCUT2D eigenvalue weighted by Gasteiger charge is 2.17. The molecule has 0 bridgehead atoms. The Morgan fingerprint density at radius 1 is 1.32 bits per heavy atom. The molecule has 0 saturated carbocycles. The van der Waals surface area contributed by atoms with E-state index in [1.807, 2.05) is 0 Å². The first-order chi connectivity index (χ1) is 8.97. The van der Waals surface area contributed by atoms with Gasteiger partial charge in [0.15, 0.2) is 0 Å². The van der Waals surface area contributed by atoms with Gasteiger partial charge in [0.05, 0.1) is 16.4 Å². The Labute approximate surface area is 118 Å². The molecule has 2 aromatic rings. The van der Waals surface area contributed by atoms with Crippen molar-refractivity contribution in [2.45, 2.75) is 6.54 Å². The molecule has 2 rings (SSSR count). The van der Waals surface area contributed by atoms with Gasteiger partial charge in [0, 0.05) is 11.9 Å². The van der Waals surface area contributed by atoms with E-state index in [9.17, 15) is 13.6 Å². The predicted molar refractivity (Wildman–Crippen MR) is 71.5 cm³/mol. The highest BCUT2D eigenvalue weighted by atomic mass is 35.5. The monoisotopic (exact) mass is 301 g/mol. The van der Waals surface area contributed by atoms with Crippen molar-refractivity contribution in [2.24, 2.45) is 0 Å². The van der Waals surface area contributed by atoms with Crippen molar-refractivity contribution in [3.63, 3.8) is 0 Å². The van der Waals surface area contributed by atoms with Crippen LogP contribution in [0.3, 0.4) is 0 Å². The van der Waals surface area contributed by atoms with Crippen LogP contribution in [0.4, 0.5) is 8.78 Å². The van der Waals surface area contributed by atoms with Crippen molar-refractivity contribution in [1.29, 1.82) is 0 Å². The zero-order chi connectivity index (χ0) is 14.0. The van der Waals surface area contributed by atoms with Crippen LogP contribution in [0.15, 0.2) is 30.3 Å². The summed E-state index contributed by atoms with van der Waals surface area (Å²) in [4.78, 5) is 14.2. The van der Waals surface area contributed by atoms with Gasteiger partial charge in [-0.3, -0.25) is 4.79 Å². The average molecular weight is 302 g/mol. The van der Waals surface area contributed by atoms with Crippen LogP contribution in [-0.4, -0.2) is 17.9 Å². The van der Waals surface area contributed by atoms with Crippen LogP contribution >= 0.6 is 22.9 Å². The first kappa shape index (κ1) is 14.0. The molecule has 0 aliphatic rings. The fourth-order valence-corrected chi connectivity index (χ4v) is 2.75. The third kappa shape index (κ3) is 3.30. The summed E-state index contributed by atoms with van der Waals surface area (Å²) in [6.07, 6.45) is 0. The molecule has 0 radical (unpaired) electrons. The highest BCUT2D eigenvalue weighted by Crippen LogP contribution is 2.23. The molecule has 19 heavy (non-hydrogen) atoms. The van der Waals surface area contributed by atoms with Crippen molar-refractivity contribution in [3.8, 4) is 0 Å². The third-order valence-corrected chi connectivity index (χ3v) is 3.74. The fourth-order valence-electron chi connectivity index (χ4n) is 1.61. The maximum absolute atomic E-state index is 13.5. The number of hydrogen-bond acceptors (Lipinski definition) is 2. The molecule has 2 nitrogen and oxygen atoms in total. The molecule has 0 aliphatic heterocycles. The molecule has 0 fully saturated rings. The van der Waals surface area contributed by atoms with Crippen LogP contribution in [0.25, 0.3) is 0 Å². The Kier molecular flexibility index (Phi) is 4.17. The minimum Gasteiger partial charge on any atom is -0.336 e. The summed E-state index contributed by atoms with van der Waals surface area (Å²) in [5.74, 6) is -1.94. The highest BCUT2D eigenvalue weighted by molar-refractivity contribution is 7.16. The van der Waals surface area contributed by atoms with Gasteiger partial charge < -0.3 is 4.90 Å². The SMILES string of the molecule is CN(Cc1ccc(Cl)s1)C(=O)c1cc(F)ccc1F. The van der Waals surface area contributed by atoms with Crippen molar-refractivity contribution < 1.29 is 13.6 Å². The zero-order valence-corrected chi connectivity index (χ0v) is 11.6. The van der Waals surface area contributed by atoms with Gasteiger partial charge in [0.2, 0.25) is 0 Å². The molecule has 0 atom stereocenters. The minimum atomic E-state index is -0.734. The summed E-state index contributed by atoms with van der Waals surface area (Å²) >= 11 is 7.13. The number of thiophene rings is 1. The first-order valence-electron chi connectivity index (χ1n) is 5.42. The lowest BCUT2D eigenvalue weighted by atomic mass is 10.2. The van der Waals surface area contributed by atoms with Crippen LogP contribution < -0.4 is 0 Å². The molecule has 100 valence electrons. The lowest BCUT2D eigenvalue weighted by molar-refractivity contribution is 0.0781. The molecule has 0 N–H and O–H groups in total. The molecule has 1 aromatic carbocycles. The lowest BCUT2D eigenvalue weighted by Crippen LogP contribution is -2.26. The Bertz CT molecular complexity index is 614. The number of nitrogens with zero attached hydrogens (tertiary/aromatic N) is 1. The molecule has 1 heterocycles. The van der Waals surface area contributed by atoms with E-state index in [0.29, 0.717) is 10.9 Å². The summed E-state index contributed by atoms with van der Waals surface area (Å²) in [5, 5.41) is 0. The summed E-state index contributed by atoms with van der Waals surface area (Å²) < 4.78 is 27.2. The quantitative estimate of drug-likeness (QED) is 0.840. The van der Waals surface area contributed by atoms with E-state index in [-0.39, 0.29) is 5.56 Å². The summed E-state index contributed by atoms with van der Waals surface area (Å²) in [7, 11) is 1.53. The van der Waals surface area contributed by atoms with Crippen molar-refractivity contribution in [3.05, 3.63) is 56.7 Å². The van der Waals surface area contributed by atoms with Crippen LogP contribution in [0.2, 0.25) is 4.34 Å². The van der Waals surface area contributed by atoms with E-state index in [1.54, 1.807) is 12.1 Å². The van der Waals surface area contributed by atoms with Crippen LogP contribution in [-0.2, 0) is 6.54 Å². The molecule has 0 aliphatic carbocycles. The van der Waals surface area contributed by atoms with Gasteiger partial charge in [0.1, 0.15) is 11.6 Å². The number of carbonyl (C=O) groups is 1. The van der Waals surface area contributed by atoms with E-state index in [2.05, 4.69) is 0 Å². The molecule has 1 amide bonds. The zero-order valence-electron chi connectivity index (χ0n) is 9.99. The van der Waals surface area contributed by atoms with Crippen LogP contribution in [0.5, 0.6) is 0 Å². The van der Waals surface area contributed by atoms with Gasteiger partial charge in [-0.15, -0.1) is 11.3 Å². The topological polar surface area (TPSA) is 20.3 Å². The first-order valence-corrected chi connectivity index (χ1v) is 6.61. The molecular formula is C13H10ClF2NOS. The smallest absolute Gasteiger partial charge is 0.257 e. The van der Waals surface area contributed by atoms with E-state index in [0.717, 1.165) is 23.1 Å². The summed E-state index contributed by atoms with van der Waals surface area (Å²) in [5.41, 5.74) is -0.273. The second-order valence-corrected chi connectivity index (χ2v) is 5.79. The molecule has 0 saturated heterocycles. The normalized spacial score (nSPS) is 10.5. The molecule has 0 unspecified atom stereocenters. The van der Waals surface area contributed by atoms with E-state index in [4.69, 9.17) is 11.6 Å². The standard InChI is InChI=1S/C13H10ClF2NOS/c1-17(7-9-3-5-12(14)19-9)13(18)10-6-8(15)2-4-11(10)16/h2-6H,7H2,1H3. The summed E-state index contributed by atoms with van der Waals surface area (Å²) in [6, 6.07) is 6.33. The maximum atomic E-state index is 13.5. The van der Waals surface area contributed by atoms with Crippen molar-refractivity contribution >= 4 is 28.8 Å². The Balaban J connectivity index is 2.16. The molecule has 0 spiro atoms. The predicted octanol–water partition coefficient (Wildman–Crippen LogP) is 3.95. The third-order valence-electron chi connectivity index (χ3n) is 2.53. The number of carbonyl (C=O) groups excluding carboxylic acids is 1. The fraction of sp³-hybridized carbons (Fsp3) is 0.154. The second kappa shape index (κ2) is 5.67. The van der Waals surface area contributed by atoms with Gasteiger partial charge in [-0.1, -0.05) is 11.6 Å². The second-order valence-electron chi connectivity index (χ2n) is 3.99. The van der Waals surface area contributed by atoms with Crippen molar-refractivity contribution in [1.82, 2.24) is 4.90 Å². The number of rotatable bonds is 3. The minimum absolute atomic E-state index is 0.273. The molecule has 6 heteroatoms. The van der Waals surface area contributed by atoms with Crippen LogP contribution in [0.1, 0.15) is 15.2 Å². The number of halogens is 3. The van der Waals surface area contributed by atoms with Gasteiger partial charge in [-0.25, -0.2) is 8.78 Å². The largest absolute Gasteiger partial charge is 0.336 e. The van der Waals surface area contributed by atoms with Gasteiger partial charge in [-0.05, 0) is 30.3 Å². The van der Waals surface area contributed by atoms with Crippen LogP contribution in [0, 0.1) is 11.6 Å².